The number of rotatable bonds is 8. The molecule has 0 rings (SSSR count). The van der Waals surface area contributed by atoms with Crippen LogP contribution in [-0.4, -0.2) is 51.4 Å². The van der Waals surface area contributed by atoms with Gasteiger partial charge in [-0.3, -0.25) is 0 Å². The van der Waals surface area contributed by atoms with Crippen molar-refractivity contribution < 1.29 is 23.9 Å². The fourth-order valence-electron chi connectivity index (χ4n) is 1.48. The second-order valence-corrected chi connectivity index (χ2v) is 5.94. The Labute approximate surface area is 177 Å². The van der Waals surface area contributed by atoms with Gasteiger partial charge in [0.15, 0.2) is 0 Å². The van der Waals surface area contributed by atoms with Crippen molar-refractivity contribution in [2.45, 2.75) is 20.3 Å². The molecule has 0 saturated carbocycles. The largest absolute Gasteiger partial charge is 0.465 e. The third kappa shape index (κ3) is 14.2. The van der Waals surface area contributed by atoms with E-state index in [1.165, 1.54) is 26.4 Å². The van der Waals surface area contributed by atoms with Crippen LogP contribution in [0.5, 0.6) is 0 Å². The van der Waals surface area contributed by atoms with Crippen LogP contribution < -0.4 is 0 Å². The zero-order valence-corrected chi connectivity index (χ0v) is 18.1. The molecule has 0 unspecified atom stereocenters. The quantitative estimate of drug-likeness (QED) is 0.196. The van der Waals surface area contributed by atoms with Gasteiger partial charge in [0.25, 0.3) is 0 Å². The SMILES string of the molecule is COC(=O)/C(C#N)=C/C=C(C)/C=C/N(C)C.COC(=O)/C(C#N)=C/C=C(\C)CC=O. The molecule has 160 valence electrons. The second kappa shape index (κ2) is 17.2. The summed E-state index contributed by atoms with van der Waals surface area (Å²) in [7, 11) is 6.27. The van der Waals surface area contributed by atoms with Crippen molar-refractivity contribution >= 4 is 18.2 Å². The molecule has 0 aliphatic carbocycles. The van der Waals surface area contributed by atoms with E-state index >= 15 is 0 Å². The summed E-state index contributed by atoms with van der Waals surface area (Å²) >= 11 is 0. The van der Waals surface area contributed by atoms with E-state index < -0.39 is 11.9 Å². The van der Waals surface area contributed by atoms with Gasteiger partial charge in [-0.05, 0) is 43.8 Å². The molecule has 0 aromatic heterocycles. The lowest BCUT2D eigenvalue weighted by molar-refractivity contribution is -0.136. The van der Waals surface area contributed by atoms with Crippen LogP contribution in [0.15, 0.2) is 58.9 Å². The van der Waals surface area contributed by atoms with E-state index in [0.717, 1.165) is 17.4 Å². The third-order valence-corrected chi connectivity index (χ3v) is 3.14. The topological polar surface area (TPSA) is 120 Å². The number of ether oxygens (including phenoxy) is 2. The Morgan fingerprint density at radius 2 is 1.37 bits per heavy atom. The number of esters is 2. The Hall–Kier alpha value is -3.91. The molecular weight excluding hydrogens is 386 g/mol. The highest BCUT2D eigenvalue weighted by atomic mass is 16.5. The van der Waals surface area contributed by atoms with Gasteiger partial charge in [0, 0.05) is 20.5 Å². The van der Waals surface area contributed by atoms with Gasteiger partial charge in [-0.2, -0.15) is 10.5 Å². The molecule has 30 heavy (non-hydrogen) atoms. The summed E-state index contributed by atoms with van der Waals surface area (Å²) in [5.41, 5.74) is 1.61. The maximum absolute atomic E-state index is 11.1. The van der Waals surface area contributed by atoms with Crippen molar-refractivity contribution in [1.82, 2.24) is 4.90 Å². The van der Waals surface area contributed by atoms with E-state index in [2.05, 4.69) is 9.47 Å². The first-order valence-electron chi connectivity index (χ1n) is 8.67. The summed E-state index contributed by atoms with van der Waals surface area (Å²) < 4.78 is 8.82. The van der Waals surface area contributed by atoms with Gasteiger partial charge >= 0.3 is 11.9 Å². The molecule has 0 aliphatic heterocycles. The van der Waals surface area contributed by atoms with E-state index in [9.17, 15) is 14.4 Å². The number of nitrogens with zero attached hydrogens (tertiary/aromatic N) is 3. The van der Waals surface area contributed by atoms with Crippen LogP contribution in [0, 0.1) is 22.7 Å². The lowest BCUT2D eigenvalue weighted by atomic mass is 10.2. The summed E-state index contributed by atoms with van der Waals surface area (Å²) in [6.07, 6.45) is 10.8. The van der Waals surface area contributed by atoms with Gasteiger partial charge in [0.05, 0.1) is 14.2 Å². The van der Waals surface area contributed by atoms with Crippen LogP contribution >= 0.6 is 0 Å². The highest BCUT2D eigenvalue weighted by molar-refractivity contribution is 5.93. The number of nitriles is 2. The number of carbonyl (C=O) groups excluding carboxylic acids is 3. The van der Waals surface area contributed by atoms with Crippen molar-refractivity contribution in [3.05, 3.63) is 58.9 Å². The molecule has 0 aromatic rings. The fourth-order valence-corrected chi connectivity index (χ4v) is 1.48. The van der Waals surface area contributed by atoms with Gasteiger partial charge < -0.3 is 19.2 Å². The number of allylic oxidation sites excluding steroid dienone is 7. The smallest absolute Gasteiger partial charge is 0.348 e. The number of carbonyl (C=O) groups is 3. The minimum absolute atomic E-state index is 0.0138. The van der Waals surface area contributed by atoms with Crippen LogP contribution in [0.2, 0.25) is 0 Å². The monoisotopic (exact) mass is 413 g/mol. The van der Waals surface area contributed by atoms with Gasteiger partial charge in [-0.15, -0.1) is 0 Å². The molecule has 8 nitrogen and oxygen atoms in total. The van der Waals surface area contributed by atoms with Crippen molar-refractivity contribution in [2.75, 3.05) is 28.3 Å². The fraction of sp³-hybridized carbons (Fsp3) is 0.318. The molecule has 0 saturated heterocycles. The predicted octanol–water partition coefficient (Wildman–Crippen LogP) is 2.78. The van der Waals surface area contributed by atoms with Gasteiger partial charge in [0.2, 0.25) is 0 Å². The number of hydrogen-bond donors (Lipinski definition) is 0. The summed E-state index contributed by atoms with van der Waals surface area (Å²) in [6, 6.07) is 3.48. The molecule has 0 aliphatic rings. The highest BCUT2D eigenvalue weighted by Gasteiger charge is 2.06. The molecular formula is C22H27N3O5. The minimum Gasteiger partial charge on any atom is -0.465 e. The normalized spacial score (nSPS) is 12.1. The lowest BCUT2D eigenvalue weighted by Gasteiger charge is -2.02. The molecule has 0 atom stereocenters. The van der Waals surface area contributed by atoms with Crippen LogP contribution in [0.25, 0.3) is 0 Å². The van der Waals surface area contributed by atoms with E-state index in [4.69, 9.17) is 10.5 Å². The van der Waals surface area contributed by atoms with Crippen LogP contribution in [0.4, 0.5) is 0 Å². The maximum Gasteiger partial charge on any atom is 0.348 e. The van der Waals surface area contributed by atoms with Gasteiger partial charge in [-0.25, -0.2) is 9.59 Å². The first kappa shape index (κ1) is 28.3. The van der Waals surface area contributed by atoms with Crippen molar-refractivity contribution in [3.8, 4) is 12.1 Å². The molecule has 0 spiro atoms. The molecule has 0 amide bonds. The van der Waals surface area contributed by atoms with E-state index in [0.29, 0.717) is 0 Å². The molecule has 0 aromatic carbocycles. The summed E-state index contributed by atoms with van der Waals surface area (Å²) in [5, 5.41) is 17.2. The van der Waals surface area contributed by atoms with E-state index in [1.807, 2.05) is 38.2 Å². The average Bonchev–Trinajstić information content (AvgIpc) is 2.73. The summed E-state index contributed by atoms with van der Waals surface area (Å²) in [6.45, 7) is 3.61. The minimum atomic E-state index is -0.678. The molecule has 0 bridgehead atoms. The van der Waals surface area contributed by atoms with Gasteiger partial charge in [-0.1, -0.05) is 17.7 Å². The Balaban J connectivity index is 0. The van der Waals surface area contributed by atoms with Gasteiger partial charge in [0.1, 0.15) is 29.6 Å². The highest BCUT2D eigenvalue weighted by Crippen LogP contribution is 2.02. The summed E-state index contributed by atoms with van der Waals surface area (Å²) in [5.74, 6) is -1.30. The Morgan fingerprint density at radius 3 is 1.73 bits per heavy atom. The zero-order chi connectivity index (χ0) is 23.5. The summed E-state index contributed by atoms with van der Waals surface area (Å²) in [4.78, 5) is 34.0. The lowest BCUT2D eigenvalue weighted by Crippen LogP contribution is -2.02. The molecule has 0 fully saturated rings. The van der Waals surface area contributed by atoms with Crippen molar-refractivity contribution in [2.24, 2.45) is 0 Å². The van der Waals surface area contributed by atoms with Crippen LogP contribution in [0.3, 0.4) is 0 Å². The van der Waals surface area contributed by atoms with E-state index in [1.54, 1.807) is 31.2 Å². The molecule has 0 radical (unpaired) electrons. The third-order valence-electron chi connectivity index (χ3n) is 3.14. The number of methoxy groups -OCH3 is 2. The Bertz CT molecular complexity index is 832. The average molecular weight is 413 g/mol. The van der Waals surface area contributed by atoms with Crippen LogP contribution in [-0.2, 0) is 23.9 Å². The predicted molar refractivity (Wildman–Crippen MR) is 112 cm³/mol. The zero-order valence-electron chi connectivity index (χ0n) is 18.1. The maximum atomic E-state index is 11.1. The van der Waals surface area contributed by atoms with E-state index in [-0.39, 0.29) is 17.6 Å². The van der Waals surface area contributed by atoms with Crippen molar-refractivity contribution in [1.29, 1.82) is 10.5 Å². The van der Waals surface area contributed by atoms with Crippen molar-refractivity contribution in [3.63, 3.8) is 0 Å². The second-order valence-electron chi connectivity index (χ2n) is 5.94. The number of hydrogen-bond acceptors (Lipinski definition) is 8. The molecule has 0 heterocycles. The first-order chi connectivity index (χ1) is 14.2. The molecule has 8 heteroatoms. The Kier molecular flexibility index (Phi) is 16.2. The first-order valence-corrected chi connectivity index (χ1v) is 8.67. The molecule has 0 N–H and O–H groups in total. The Morgan fingerprint density at radius 1 is 0.900 bits per heavy atom. The standard InChI is InChI=1S/C12H16N2O2.C10H11NO3/c1-10(7-8-14(2)3)5-6-11(9-13)12(15)16-4;1-8(5-6-12)3-4-9(7-11)10(13)14-2/h5-8H,1-4H3;3-4,6H,5H2,1-2H3/b8-7+,10-5+,11-6+;8-3+,9-4+. The van der Waals surface area contributed by atoms with Crippen LogP contribution in [0.1, 0.15) is 20.3 Å². The number of aldehydes is 1.